The van der Waals surface area contributed by atoms with Gasteiger partial charge in [-0.1, -0.05) is 30.3 Å². The molecule has 0 aliphatic carbocycles. The maximum absolute atomic E-state index is 11.9. The van der Waals surface area contributed by atoms with E-state index in [4.69, 9.17) is 9.15 Å². The Morgan fingerprint density at radius 2 is 2.10 bits per heavy atom. The molecule has 6 heteroatoms. The highest BCUT2D eigenvalue weighted by atomic mass is 32.1. The van der Waals surface area contributed by atoms with E-state index in [-0.39, 0.29) is 12.3 Å². The number of carbonyl (C=O) groups excluding carboxylic acids is 1. The van der Waals surface area contributed by atoms with Crippen LogP contribution in [0.1, 0.15) is 21.9 Å². The third-order valence-electron chi connectivity index (χ3n) is 2.76. The molecule has 1 aromatic carbocycles. The minimum absolute atomic E-state index is 0.232. The summed E-state index contributed by atoms with van der Waals surface area (Å²) in [6.07, 6.45) is 1.52. The first-order valence-electron chi connectivity index (χ1n) is 6.31. The van der Waals surface area contributed by atoms with Gasteiger partial charge in [0.2, 0.25) is 0 Å². The maximum Gasteiger partial charge on any atom is 0.358 e. The van der Waals surface area contributed by atoms with E-state index in [2.05, 4.69) is 9.97 Å². The minimum Gasteiger partial charge on any atom is -0.456 e. The second-order valence-electron chi connectivity index (χ2n) is 4.35. The monoisotopic (exact) mass is 300 g/mol. The molecule has 2 aromatic heterocycles. The van der Waals surface area contributed by atoms with Gasteiger partial charge in [-0.3, -0.25) is 0 Å². The van der Waals surface area contributed by atoms with Gasteiger partial charge in [0.05, 0.1) is 0 Å². The average Bonchev–Trinajstić information content (AvgIpc) is 3.14. The zero-order valence-corrected chi connectivity index (χ0v) is 12.1. The number of benzene rings is 1. The van der Waals surface area contributed by atoms with Crippen LogP contribution in [0.3, 0.4) is 0 Å². The number of nitrogens with zero attached hydrogens (tertiary/aromatic N) is 2. The van der Waals surface area contributed by atoms with Crippen molar-refractivity contribution in [3.05, 3.63) is 59.1 Å². The summed E-state index contributed by atoms with van der Waals surface area (Å²) in [5.41, 5.74) is 1.85. The highest BCUT2D eigenvalue weighted by molar-refractivity contribution is 7.13. The summed E-state index contributed by atoms with van der Waals surface area (Å²) in [6, 6.07) is 9.52. The van der Waals surface area contributed by atoms with Gasteiger partial charge in [0.1, 0.15) is 23.6 Å². The third-order valence-corrected chi connectivity index (χ3v) is 3.63. The molecule has 0 atom stereocenters. The molecule has 3 rings (SSSR count). The summed E-state index contributed by atoms with van der Waals surface area (Å²) in [5.74, 6) is 0.120. The van der Waals surface area contributed by atoms with Crippen molar-refractivity contribution in [2.45, 2.75) is 13.5 Å². The molecule has 0 fully saturated rings. The van der Waals surface area contributed by atoms with Crippen LogP contribution in [-0.4, -0.2) is 15.9 Å². The molecule has 0 spiro atoms. The third kappa shape index (κ3) is 3.17. The first kappa shape index (κ1) is 13.5. The van der Waals surface area contributed by atoms with E-state index in [0.717, 1.165) is 5.56 Å². The molecule has 0 N–H and O–H groups in total. The number of hydrogen-bond acceptors (Lipinski definition) is 6. The highest BCUT2D eigenvalue weighted by Gasteiger charge is 2.15. The first-order chi connectivity index (χ1) is 10.2. The van der Waals surface area contributed by atoms with Gasteiger partial charge >= 0.3 is 5.97 Å². The molecule has 0 amide bonds. The molecule has 3 aromatic rings. The topological polar surface area (TPSA) is 65.2 Å². The number of thiazole rings is 1. The number of rotatable bonds is 4. The standard InChI is InChI=1S/C15H12N2O3S/c1-10-16-12(8-19-10)14-17-13(9-21-14)15(18)20-7-11-5-3-2-4-6-11/h2-6,8-9H,7H2,1H3. The van der Waals surface area contributed by atoms with Crippen LogP contribution in [0, 0.1) is 6.92 Å². The smallest absolute Gasteiger partial charge is 0.358 e. The Kier molecular flexibility index (Phi) is 3.79. The number of aryl methyl sites for hydroxylation is 1. The minimum atomic E-state index is -0.443. The van der Waals surface area contributed by atoms with Gasteiger partial charge in [0.25, 0.3) is 0 Å². The van der Waals surface area contributed by atoms with Crippen LogP contribution in [0.4, 0.5) is 0 Å². The number of ether oxygens (including phenoxy) is 1. The Labute approximate surface area is 125 Å². The van der Waals surface area contributed by atoms with Crippen LogP contribution >= 0.6 is 11.3 Å². The molecule has 0 saturated heterocycles. The fourth-order valence-corrected chi connectivity index (χ4v) is 2.48. The van der Waals surface area contributed by atoms with E-state index in [0.29, 0.717) is 16.6 Å². The SMILES string of the molecule is Cc1nc(-c2nc(C(=O)OCc3ccccc3)cs2)co1. The summed E-state index contributed by atoms with van der Waals surface area (Å²) >= 11 is 1.33. The Hall–Kier alpha value is -2.47. The highest BCUT2D eigenvalue weighted by Crippen LogP contribution is 2.23. The van der Waals surface area contributed by atoms with Crippen molar-refractivity contribution in [1.82, 2.24) is 9.97 Å². The quantitative estimate of drug-likeness (QED) is 0.690. The molecule has 0 saturated carbocycles. The summed E-state index contributed by atoms with van der Waals surface area (Å²) in [7, 11) is 0. The van der Waals surface area contributed by atoms with Gasteiger partial charge in [-0.2, -0.15) is 0 Å². The lowest BCUT2D eigenvalue weighted by molar-refractivity contribution is 0.0467. The van der Waals surface area contributed by atoms with Crippen molar-refractivity contribution in [3.8, 4) is 10.7 Å². The van der Waals surface area contributed by atoms with Crippen molar-refractivity contribution in [2.75, 3.05) is 0 Å². The van der Waals surface area contributed by atoms with Crippen molar-refractivity contribution in [2.24, 2.45) is 0 Å². The Morgan fingerprint density at radius 3 is 2.81 bits per heavy atom. The lowest BCUT2D eigenvalue weighted by atomic mass is 10.2. The first-order valence-corrected chi connectivity index (χ1v) is 7.19. The Balaban J connectivity index is 1.67. The molecular formula is C15H12N2O3S. The van der Waals surface area contributed by atoms with Crippen molar-refractivity contribution in [1.29, 1.82) is 0 Å². The molecule has 0 unspecified atom stereocenters. The van der Waals surface area contributed by atoms with Gasteiger partial charge in [0.15, 0.2) is 11.6 Å². The van der Waals surface area contributed by atoms with Gasteiger partial charge in [-0.25, -0.2) is 14.8 Å². The van der Waals surface area contributed by atoms with Crippen molar-refractivity contribution in [3.63, 3.8) is 0 Å². The second-order valence-corrected chi connectivity index (χ2v) is 5.21. The van der Waals surface area contributed by atoms with E-state index in [1.54, 1.807) is 12.3 Å². The van der Waals surface area contributed by atoms with Crippen LogP contribution < -0.4 is 0 Å². The molecule has 0 aliphatic rings. The van der Waals surface area contributed by atoms with Crippen molar-refractivity contribution < 1.29 is 13.9 Å². The largest absolute Gasteiger partial charge is 0.456 e. The number of oxazole rings is 1. The average molecular weight is 300 g/mol. The molecule has 0 radical (unpaired) electrons. The van der Waals surface area contributed by atoms with E-state index >= 15 is 0 Å². The number of hydrogen-bond donors (Lipinski definition) is 0. The van der Waals surface area contributed by atoms with Crippen LogP contribution in [0.25, 0.3) is 10.7 Å². The molecule has 21 heavy (non-hydrogen) atoms. The van der Waals surface area contributed by atoms with Crippen LogP contribution in [0.2, 0.25) is 0 Å². The lowest BCUT2D eigenvalue weighted by Gasteiger charge is -2.02. The predicted molar refractivity (Wildman–Crippen MR) is 77.9 cm³/mol. The van der Waals surface area contributed by atoms with Crippen molar-refractivity contribution >= 4 is 17.3 Å². The molecule has 2 heterocycles. The van der Waals surface area contributed by atoms with Gasteiger partial charge in [-0.15, -0.1) is 11.3 Å². The number of carbonyl (C=O) groups is 1. The molecule has 106 valence electrons. The second kappa shape index (κ2) is 5.88. The van der Waals surface area contributed by atoms with Gasteiger partial charge in [-0.05, 0) is 5.56 Å². The van der Waals surface area contributed by atoms with E-state index in [1.165, 1.54) is 17.6 Å². The van der Waals surface area contributed by atoms with Crippen LogP contribution in [-0.2, 0) is 11.3 Å². The van der Waals surface area contributed by atoms with Gasteiger partial charge < -0.3 is 9.15 Å². The number of esters is 1. The van der Waals surface area contributed by atoms with E-state index in [1.807, 2.05) is 30.3 Å². The van der Waals surface area contributed by atoms with Crippen LogP contribution in [0.15, 0.2) is 46.4 Å². The predicted octanol–water partition coefficient (Wildman–Crippen LogP) is 3.46. The Bertz CT molecular complexity index is 749. The lowest BCUT2D eigenvalue weighted by Crippen LogP contribution is -2.05. The number of aromatic nitrogens is 2. The Morgan fingerprint density at radius 1 is 1.29 bits per heavy atom. The molecule has 0 bridgehead atoms. The fraction of sp³-hybridized carbons (Fsp3) is 0.133. The normalized spacial score (nSPS) is 10.5. The zero-order valence-electron chi connectivity index (χ0n) is 11.3. The molecule has 5 nitrogen and oxygen atoms in total. The van der Waals surface area contributed by atoms with E-state index < -0.39 is 5.97 Å². The molecule has 0 aliphatic heterocycles. The zero-order chi connectivity index (χ0) is 14.7. The fourth-order valence-electron chi connectivity index (χ4n) is 1.74. The van der Waals surface area contributed by atoms with Crippen LogP contribution in [0.5, 0.6) is 0 Å². The summed E-state index contributed by atoms with van der Waals surface area (Å²) in [5, 5.41) is 2.30. The van der Waals surface area contributed by atoms with Gasteiger partial charge in [0, 0.05) is 12.3 Å². The molecular weight excluding hydrogens is 288 g/mol. The van der Waals surface area contributed by atoms with E-state index in [9.17, 15) is 4.79 Å². The maximum atomic E-state index is 11.9. The summed E-state index contributed by atoms with van der Waals surface area (Å²) in [4.78, 5) is 20.3. The summed E-state index contributed by atoms with van der Waals surface area (Å²) < 4.78 is 10.4. The summed E-state index contributed by atoms with van der Waals surface area (Å²) in [6.45, 7) is 1.99.